The van der Waals surface area contributed by atoms with Gasteiger partial charge in [0.15, 0.2) is 0 Å². The molecule has 3 N–H and O–H groups in total. The number of Topliss-reactive ketones (excluding diaryl/α,β-unsaturated/α-hetero) is 1. The SMILES string of the molecule is CC1=CC=CC=CC(C)CNC(=O)CC(=O)CC2OC3C(O)CC(O)C4C=CC1C2C43. The van der Waals surface area contributed by atoms with E-state index in [1.165, 1.54) is 0 Å². The van der Waals surface area contributed by atoms with E-state index in [1.54, 1.807) is 0 Å². The summed E-state index contributed by atoms with van der Waals surface area (Å²) in [5.74, 6) is -0.367. The minimum Gasteiger partial charge on any atom is -0.392 e. The number of carbonyl (C=O) groups is 2. The van der Waals surface area contributed by atoms with Crippen LogP contribution < -0.4 is 5.32 Å². The largest absolute Gasteiger partial charge is 0.392 e. The number of amides is 1. The second-order valence-electron chi connectivity index (χ2n) is 9.53. The number of hydrogen-bond acceptors (Lipinski definition) is 5. The highest BCUT2D eigenvalue weighted by Crippen LogP contribution is 2.53. The molecule has 1 amide bonds. The van der Waals surface area contributed by atoms with Crippen LogP contribution in [0.3, 0.4) is 0 Å². The highest BCUT2D eigenvalue weighted by Gasteiger charge is 2.58. The average Bonchev–Trinajstić information content (AvgIpc) is 3.09. The number of rotatable bonds is 0. The summed E-state index contributed by atoms with van der Waals surface area (Å²) in [6, 6.07) is 0. The van der Waals surface area contributed by atoms with Crippen LogP contribution in [0.15, 0.2) is 48.1 Å². The van der Waals surface area contributed by atoms with Gasteiger partial charge in [0.1, 0.15) is 5.78 Å². The first-order chi connectivity index (χ1) is 14.8. The van der Waals surface area contributed by atoms with Crippen LogP contribution >= 0.6 is 0 Å². The van der Waals surface area contributed by atoms with E-state index in [9.17, 15) is 19.8 Å². The third kappa shape index (κ3) is 4.61. The molecule has 0 bridgehead atoms. The van der Waals surface area contributed by atoms with Crippen molar-refractivity contribution in [1.29, 1.82) is 0 Å². The fourth-order valence-corrected chi connectivity index (χ4v) is 5.73. The number of allylic oxidation sites excluding steroid dienone is 6. The maximum atomic E-state index is 12.7. The normalized spacial score (nSPS) is 43.4. The third-order valence-electron chi connectivity index (χ3n) is 7.25. The monoisotopic (exact) mass is 427 g/mol. The fraction of sp³-hybridized carbons (Fsp3) is 0.600. The molecule has 168 valence electrons. The fourth-order valence-electron chi connectivity index (χ4n) is 5.73. The molecule has 0 aromatic rings. The summed E-state index contributed by atoms with van der Waals surface area (Å²) in [6.45, 7) is 4.57. The van der Waals surface area contributed by atoms with Crippen LogP contribution in [0.4, 0.5) is 0 Å². The smallest absolute Gasteiger partial charge is 0.227 e. The standard InChI is InChI=1S/C25H33NO5/c1-14-6-4-3-5-7-15(2)17-8-9-18-19(28)12-20(29)25-24(18)23(17)21(31-25)10-16(27)11-22(30)26-13-14/h3-9,14,17-21,23-25,28-29H,10-13H2,1-2H3,(H,26,30). The van der Waals surface area contributed by atoms with Gasteiger partial charge in [0.25, 0.3) is 0 Å². The molecule has 9 atom stereocenters. The number of ether oxygens (including phenoxy) is 1. The minimum absolute atomic E-state index is 0.0234. The Morgan fingerprint density at radius 1 is 1.03 bits per heavy atom. The molecule has 1 saturated heterocycles. The summed E-state index contributed by atoms with van der Waals surface area (Å²) in [4.78, 5) is 25.0. The van der Waals surface area contributed by atoms with Gasteiger partial charge in [0.05, 0.1) is 30.8 Å². The summed E-state index contributed by atoms with van der Waals surface area (Å²) in [6.07, 6.45) is 12.4. The number of aliphatic hydroxyl groups is 2. The quantitative estimate of drug-likeness (QED) is 0.406. The molecule has 0 radical (unpaired) electrons. The number of ketones is 1. The van der Waals surface area contributed by atoms with Gasteiger partial charge in [-0.25, -0.2) is 0 Å². The summed E-state index contributed by atoms with van der Waals surface area (Å²) in [5, 5.41) is 24.0. The number of hydrogen-bond donors (Lipinski definition) is 3. The van der Waals surface area contributed by atoms with Crippen LogP contribution in [0.2, 0.25) is 0 Å². The molecule has 4 rings (SSSR count). The summed E-state index contributed by atoms with van der Waals surface area (Å²) < 4.78 is 6.28. The summed E-state index contributed by atoms with van der Waals surface area (Å²) >= 11 is 0. The Hall–Kier alpha value is -2.02. The lowest BCUT2D eigenvalue weighted by Crippen LogP contribution is -2.50. The van der Waals surface area contributed by atoms with Crippen LogP contribution in [0.1, 0.15) is 33.1 Å². The zero-order valence-electron chi connectivity index (χ0n) is 18.2. The first-order valence-corrected chi connectivity index (χ1v) is 11.3. The molecule has 1 saturated carbocycles. The van der Waals surface area contributed by atoms with E-state index >= 15 is 0 Å². The molecule has 2 aliphatic heterocycles. The van der Waals surface area contributed by atoms with Crippen LogP contribution in [-0.4, -0.2) is 52.9 Å². The number of nitrogens with one attached hydrogen (secondary N) is 1. The van der Waals surface area contributed by atoms with Gasteiger partial charge in [0.2, 0.25) is 5.91 Å². The van der Waals surface area contributed by atoms with E-state index < -0.39 is 18.3 Å². The van der Waals surface area contributed by atoms with E-state index in [-0.39, 0.29) is 66.6 Å². The molecule has 0 spiro atoms. The van der Waals surface area contributed by atoms with E-state index in [0.717, 1.165) is 5.57 Å². The van der Waals surface area contributed by atoms with Gasteiger partial charge in [-0.2, -0.15) is 0 Å². The van der Waals surface area contributed by atoms with Crippen molar-refractivity contribution in [2.45, 2.75) is 57.5 Å². The predicted molar refractivity (Wildman–Crippen MR) is 117 cm³/mol. The van der Waals surface area contributed by atoms with Crippen LogP contribution in [0.25, 0.3) is 0 Å². The highest BCUT2D eigenvalue weighted by atomic mass is 16.5. The molecular formula is C25H33NO5. The van der Waals surface area contributed by atoms with E-state index in [0.29, 0.717) is 6.54 Å². The topological polar surface area (TPSA) is 95.9 Å². The van der Waals surface area contributed by atoms with Crippen LogP contribution in [0.5, 0.6) is 0 Å². The molecule has 4 aliphatic rings. The Balaban J connectivity index is 1.68. The molecule has 9 unspecified atom stereocenters. The van der Waals surface area contributed by atoms with Gasteiger partial charge < -0.3 is 20.3 Å². The molecule has 6 nitrogen and oxygen atoms in total. The Labute approximate surface area is 183 Å². The van der Waals surface area contributed by atoms with Crippen LogP contribution in [-0.2, 0) is 14.3 Å². The Kier molecular flexibility index (Phi) is 6.60. The second-order valence-corrected chi connectivity index (χ2v) is 9.53. The molecule has 31 heavy (non-hydrogen) atoms. The maximum absolute atomic E-state index is 12.7. The predicted octanol–water partition coefficient (Wildman–Crippen LogP) is 2.09. The molecule has 6 heteroatoms. The van der Waals surface area contributed by atoms with E-state index in [1.807, 2.05) is 31.2 Å². The summed E-state index contributed by atoms with van der Waals surface area (Å²) in [5.41, 5.74) is 1.15. The first-order valence-electron chi connectivity index (χ1n) is 11.3. The Bertz CT molecular complexity index is 828. The van der Waals surface area contributed by atoms with E-state index in [2.05, 4.69) is 30.5 Å². The van der Waals surface area contributed by atoms with Crippen molar-refractivity contribution in [3.05, 3.63) is 48.1 Å². The number of carbonyl (C=O) groups excluding carboxylic acids is 2. The van der Waals surface area contributed by atoms with Crippen molar-refractivity contribution in [3.8, 4) is 0 Å². The van der Waals surface area contributed by atoms with Crippen LogP contribution in [0, 0.1) is 29.6 Å². The van der Waals surface area contributed by atoms with Gasteiger partial charge in [-0.15, -0.1) is 0 Å². The van der Waals surface area contributed by atoms with Crippen molar-refractivity contribution < 1.29 is 24.5 Å². The Morgan fingerprint density at radius 2 is 1.84 bits per heavy atom. The van der Waals surface area contributed by atoms with Gasteiger partial charge in [0, 0.05) is 43.1 Å². The highest BCUT2D eigenvalue weighted by molar-refractivity contribution is 5.98. The lowest BCUT2D eigenvalue weighted by Gasteiger charge is -2.44. The molecule has 2 fully saturated rings. The van der Waals surface area contributed by atoms with Gasteiger partial charge >= 0.3 is 0 Å². The second kappa shape index (κ2) is 9.23. The lowest BCUT2D eigenvalue weighted by atomic mass is 9.60. The van der Waals surface area contributed by atoms with Crippen molar-refractivity contribution in [3.63, 3.8) is 0 Å². The average molecular weight is 428 g/mol. The maximum Gasteiger partial charge on any atom is 0.227 e. The molecular weight excluding hydrogens is 394 g/mol. The van der Waals surface area contributed by atoms with Crippen molar-refractivity contribution in [1.82, 2.24) is 5.32 Å². The minimum atomic E-state index is -0.751. The van der Waals surface area contributed by atoms with Crippen molar-refractivity contribution in [2.24, 2.45) is 29.6 Å². The third-order valence-corrected chi connectivity index (χ3v) is 7.25. The molecule has 2 heterocycles. The van der Waals surface area contributed by atoms with Gasteiger partial charge in [-0.05, 0) is 12.8 Å². The van der Waals surface area contributed by atoms with E-state index in [4.69, 9.17) is 4.74 Å². The lowest BCUT2D eigenvalue weighted by molar-refractivity contribution is -0.131. The number of aliphatic hydroxyl groups excluding tert-OH is 2. The Morgan fingerprint density at radius 3 is 2.65 bits per heavy atom. The van der Waals surface area contributed by atoms with Gasteiger partial charge in [-0.1, -0.05) is 55.0 Å². The first kappa shape index (κ1) is 22.2. The summed E-state index contributed by atoms with van der Waals surface area (Å²) in [7, 11) is 0. The zero-order valence-corrected chi connectivity index (χ0v) is 18.2. The van der Waals surface area contributed by atoms with Crippen molar-refractivity contribution >= 4 is 11.7 Å². The van der Waals surface area contributed by atoms with Crippen molar-refractivity contribution in [2.75, 3.05) is 6.54 Å². The zero-order chi connectivity index (χ0) is 22.1. The molecule has 2 aliphatic carbocycles. The van der Waals surface area contributed by atoms with Gasteiger partial charge in [-0.3, -0.25) is 9.59 Å². The molecule has 0 aromatic carbocycles. The molecule has 0 aromatic heterocycles.